The number of carbonyl (C=O) groups excluding carboxylic acids is 1. The maximum atomic E-state index is 12.1. The van der Waals surface area contributed by atoms with Crippen LogP contribution < -0.4 is 15.4 Å². The average Bonchev–Trinajstić information content (AvgIpc) is 2.99. The second kappa shape index (κ2) is 6.35. The van der Waals surface area contributed by atoms with Gasteiger partial charge in [-0.15, -0.1) is 0 Å². The van der Waals surface area contributed by atoms with Gasteiger partial charge in [-0.05, 0) is 43.4 Å². The van der Waals surface area contributed by atoms with E-state index in [2.05, 4.69) is 0 Å². The van der Waals surface area contributed by atoms with Gasteiger partial charge in [0, 0.05) is 6.54 Å². The van der Waals surface area contributed by atoms with Crippen LogP contribution >= 0.6 is 0 Å². The van der Waals surface area contributed by atoms with E-state index in [1.807, 2.05) is 23.1 Å². The topological polar surface area (TPSA) is 64.8 Å². The minimum Gasteiger partial charge on any atom is -0.490 e. The van der Waals surface area contributed by atoms with Crippen LogP contribution in [0.5, 0.6) is 5.75 Å². The summed E-state index contributed by atoms with van der Waals surface area (Å²) in [5.74, 6) is 0.663. The van der Waals surface area contributed by atoms with Crippen molar-refractivity contribution in [3.8, 4) is 5.75 Å². The molecule has 0 atom stereocenters. The fraction of sp³-hybridized carbons (Fsp3) is 0.562. The smallest absolute Gasteiger partial charge is 0.325 e. The first-order valence-corrected chi connectivity index (χ1v) is 7.66. The minimum absolute atomic E-state index is 0.123. The summed E-state index contributed by atoms with van der Waals surface area (Å²) in [6.07, 6.45) is 4.47. The van der Waals surface area contributed by atoms with Crippen molar-refractivity contribution in [1.29, 1.82) is 0 Å². The van der Waals surface area contributed by atoms with Crippen molar-refractivity contribution < 1.29 is 14.3 Å². The summed E-state index contributed by atoms with van der Waals surface area (Å²) >= 11 is 0. The quantitative estimate of drug-likeness (QED) is 0.857. The predicted octanol–water partition coefficient (Wildman–Crippen LogP) is 1.83. The number of rotatable bonds is 4. The van der Waals surface area contributed by atoms with E-state index >= 15 is 0 Å². The molecule has 1 saturated carbocycles. The molecule has 0 radical (unpaired) electrons. The maximum absolute atomic E-state index is 12.1. The Bertz CT molecular complexity index is 512. The number of esters is 1. The van der Waals surface area contributed by atoms with E-state index in [1.54, 1.807) is 0 Å². The standard InChI is InChI=1S/C16H22N2O3/c17-10-12-5-6-14-15(9-12)20-8-7-18(14)11-16(19)21-13-3-1-2-4-13/h5-6,9,13H,1-4,7-8,10-11,17H2. The molecule has 0 spiro atoms. The summed E-state index contributed by atoms with van der Waals surface area (Å²) in [5.41, 5.74) is 7.62. The number of hydrogen-bond donors (Lipinski definition) is 1. The molecule has 2 N–H and O–H groups in total. The molecule has 0 amide bonds. The molecular formula is C16H22N2O3. The number of anilines is 1. The molecular weight excluding hydrogens is 268 g/mol. The van der Waals surface area contributed by atoms with Gasteiger partial charge in [-0.1, -0.05) is 6.07 Å². The van der Waals surface area contributed by atoms with Crippen LogP contribution in [0.25, 0.3) is 0 Å². The highest BCUT2D eigenvalue weighted by atomic mass is 16.5. The van der Waals surface area contributed by atoms with Crippen molar-refractivity contribution in [3.63, 3.8) is 0 Å². The lowest BCUT2D eigenvalue weighted by molar-refractivity contribution is -0.147. The van der Waals surface area contributed by atoms with Crippen molar-refractivity contribution >= 4 is 11.7 Å². The maximum Gasteiger partial charge on any atom is 0.325 e. The van der Waals surface area contributed by atoms with Gasteiger partial charge in [0.05, 0.1) is 12.2 Å². The van der Waals surface area contributed by atoms with Gasteiger partial charge in [0.15, 0.2) is 0 Å². The number of benzene rings is 1. The molecule has 1 aliphatic carbocycles. The summed E-state index contributed by atoms with van der Waals surface area (Å²) in [5, 5.41) is 0. The van der Waals surface area contributed by atoms with E-state index in [0.29, 0.717) is 19.7 Å². The summed E-state index contributed by atoms with van der Waals surface area (Å²) in [6, 6.07) is 5.89. The van der Waals surface area contributed by atoms with Crippen molar-refractivity contribution in [2.24, 2.45) is 5.73 Å². The van der Waals surface area contributed by atoms with Crippen LogP contribution in [-0.2, 0) is 16.1 Å². The third-order valence-electron chi connectivity index (χ3n) is 4.14. The number of nitrogens with two attached hydrogens (primary N) is 1. The first kappa shape index (κ1) is 14.2. The van der Waals surface area contributed by atoms with Gasteiger partial charge < -0.3 is 20.1 Å². The molecule has 0 saturated heterocycles. The van der Waals surface area contributed by atoms with Gasteiger partial charge in [0.25, 0.3) is 0 Å². The van der Waals surface area contributed by atoms with Crippen molar-refractivity contribution in [2.75, 3.05) is 24.6 Å². The molecule has 0 aromatic heterocycles. The van der Waals surface area contributed by atoms with E-state index in [-0.39, 0.29) is 18.6 Å². The van der Waals surface area contributed by atoms with Gasteiger partial charge in [-0.25, -0.2) is 0 Å². The number of nitrogens with zero attached hydrogens (tertiary/aromatic N) is 1. The molecule has 0 bridgehead atoms. The monoisotopic (exact) mass is 290 g/mol. The molecule has 5 heteroatoms. The molecule has 114 valence electrons. The number of carbonyl (C=O) groups is 1. The molecule has 1 heterocycles. The second-order valence-corrected chi connectivity index (χ2v) is 5.67. The fourth-order valence-corrected chi connectivity index (χ4v) is 3.00. The molecule has 21 heavy (non-hydrogen) atoms. The lowest BCUT2D eigenvalue weighted by atomic mass is 10.1. The number of ether oxygens (including phenoxy) is 2. The lowest BCUT2D eigenvalue weighted by Crippen LogP contribution is -2.38. The van der Waals surface area contributed by atoms with Crippen LogP contribution in [0.1, 0.15) is 31.2 Å². The second-order valence-electron chi connectivity index (χ2n) is 5.67. The van der Waals surface area contributed by atoms with Crippen molar-refractivity contribution in [1.82, 2.24) is 0 Å². The first-order valence-electron chi connectivity index (χ1n) is 7.66. The lowest BCUT2D eigenvalue weighted by Gasteiger charge is -2.31. The highest BCUT2D eigenvalue weighted by Gasteiger charge is 2.24. The Hall–Kier alpha value is -1.75. The molecule has 1 aromatic rings. The molecule has 0 unspecified atom stereocenters. The largest absolute Gasteiger partial charge is 0.490 e. The molecule has 3 rings (SSSR count). The zero-order valence-corrected chi connectivity index (χ0v) is 12.2. The van der Waals surface area contributed by atoms with Crippen LogP contribution in [0.4, 0.5) is 5.69 Å². The van der Waals surface area contributed by atoms with Gasteiger partial charge >= 0.3 is 5.97 Å². The van der Waals surface area contributed by atoms with E-state index in [4.69, 9.17) is 15.2 Å². The Balaban J connectivity index is 1.65. The Kier molecular flexibility index (Phi) is 4.29. The Morgan fingerprint density at radius 3 is 2.95 bits per heavy atom. The molecule has 1 fully saturated rings. The van der Waals surface area contributed by atoms with Crippen LogP contribution in [0.3, 0.4) is 0 Å². The van der Waals surface area contributed by atoms with Crippen molar-refractivity contribution in [3.05, 3.63) is 23.8 Å². The van der Waals surface area contributed by atoms with E-state index in [0.717, 1.165) is 29.8 Å². The molecule has 5 nitrogen and oxygen atoms in total. The van der Waals surface area contributed by atoms with Crippen LogP contribution in [0.15, 0.2) is 18.2 Å². The third kappa shape index (κ3) is 3.29. The van der Waals surface area contributed by atoms with Gasteiger partial charge in [-0.3, -0.25) is 4.79 Å². The van der Waals surface area contributed by atoms with Crippen molar-refractivity contribution in [2.45, 2.75) is 38.3 Å². The Morgan fingerprint density at radius 1 is 1.38 bits per heavy atom. The van der Waals surface area contributed by atoms with E-state index in [1.165, 1.54) is 12.8 Å². The normalized spacial score (nSPS) is 18.2. The average molecular weight is 290 g/mol. The van der Waals surface area contributed by atoms with Gasteiger partial charge in [0.2, 0.25) is 0 Å². The van der Waals surface area contributed by atoms with Crippen LogP contribution in [0, 0.1) is 0 Å². The molecule has 2 aliphatic rings. The summed E-state index contributed by atoms with van der Waals surface area (Å²) in [7, 11) is 0. The fourth-order valence-electron chi connectivity index (χ4n) is 3.00. The SMILES string of the molecule is NCc1ccc2c(c1)OCCN2CC(=O)OC1CCCC1. The van der Waals surface area contributed by atoms with Crippen LogP contribution in [-0.4, -0.2) is 31.8 Å². The highest BCUT2D eigenvalue weighted by Crippen LogP contribution is 2.32. The minimum atomic E-state index is -0.141. The van der Waals surface area contributed by atoms with Gasteiger partial charge in [-0.2, -0.15) is 0 Å². The zero-order valence-electron chi connectivity index (χ0n) is 12.2. The third-order valence-corrected chi connectivity index (χ3v) is 4.14. The summed E-state index contributed by atoms with van der Waals surface area (Å²) < 4.78 is 11.2. The van der Waals surface area contributed by atoms with Gasteiger partial charge in [0.1, 0.15) is 25.0 Å². The van der Waals surface area contributed by atoms with E-state index in [9.17, 15) is 4.79 Å². The number of fused-ring (bicyclic) bond motifs is 1. The summed E-state index contributed by atoms with van der Waals surface area (Å²) in [4.78, 5) is 14.1. The predicted molar refractivity (Wildman–Crippen MR) is 80.4 cm³/mol. The number of hydrogen-bond acceptors (Lipinski definition) is 5. The summed E-state index contributed by atoms with van der Waals surface area (Å²) in [6.45, 7) is 2.06. The molecule has 1 aromatic carbocycles. The van der Waals surface area contributed by atoms with Crippen LogP contribution in [0.2, 0.25) is 0 Å². The Morgan fingerprint density at radius 2 is 2.19 bits per heavy atom. The Labute approximate surface area is 125 Å². The highest BCUT2D eigenvalue weighted by molar-refractivity contribution is 5.77. The van der Waals surface area contributed by atoms with E-state index < -0.39 is 0 Å². The first-order chi connectivity index (χ1) is 10.3. The molecule has 1 aliphatic heterocycles. The zero-order chi connectivity index (χ0) is 14.7.